The molecule has 6 heteroatoms. The lowest BCUT2D eigenvalue weighted by molar-refractivity contribution is -0.131. The SMILES string of the molecule is CN(C/C=C/C(=O)O)S(=O)(=O)c1cccc2ccccc12. The van der Waals surface area contributed by atoms with Crippen LogP contribution in [0.3, 0.4) is 0 Å². The summed E-state index contributed by atoms with van der Waals surface area (Å²) in [4.78, 5) is 10.6. The summed E-state index contributed by atoms with van der Waals surface area (Å²) in [6.07, 6.45) is 2.22. The van der Waals surface area contributed by atoms with Gasteiger partial charge in [0.05, 0.1) is 4.90 Å². The molecule has 0 spiro atoms. The van der Waals surface area contributed by atoms with Crippen molar-refractivity contribution in [1.29, 1.82) is 0 Å². The molecule has 2 rings (SSSR count). The van der Waals surface area contributed by atoms with Crippen LogP contribution in [0.4, 0.5) is 0 Å². The van der Waals surface area contributed by atoms with Crippen LogP contribution < -0.4 is 0 Å². The van der Waals surface area contributed by atoms with Gasteiger partial charge in [0.2, 0.25) is 10.0 Å². The number of aliphatic carboxylic acids is 1. The Kier molecular flexibility index (Phi) is 4.40. The van der Waals surface area contributed by atoms with Crippen LogP contribution in [0.5, 0.6) is 0 Å². The number of carboxylic acid groups (broad SMARTS) is 1. The summed E-state index contributed by atoms with van der Waals surface area (Å²) in [6.45, 7) is -0.00213. The van der Waals surface area contributed by atoms with E-state index >= 15 is 0 Å². The Bertz CT molecular complexity index is 791. The molecule has 2 aromatic rings. The topological polar surface area (TPSA) is 74.7 Å². The van der Waals surface area contributed by atoms with Gasteiger partial charge < -0.3 is 5.11 Å². The number of rotatable bonds is 5. The summed E-state index contributed by atoms with van der Waals surface area (Å²) in [5, 5.41) is 10.0. The fourth-order valence-corrected chi connectivity index (χ4v) is 3.32. The molecule has 0 bridgehead atoms. The van der Waals surface area contributed by atoms with E-state index in [1.807, 2.05) is 18.2 Å². The summed E-state index contributed by atoms with van der Waals surface area (Å²) in [5.41, 5.74) is 0. The fraction of sp³-hybridized carbons (Fsp3) is 0.133. The lowest BCUT2D eigenvalue weighted by Gasteiger charge is -2.16. The number of benzene rings is 2. The Morgan fingerprint density at radius 2 is 1.86 bits per heavy atom. The van der Waals surface area contributed by atoms with Crippen molar-refractivity contribution in [2.24, 2.45) is 0 Å². The number of hydrogen-bond donors (Lipinski definition) is 1. The van der Waals surface area contributed by atoms with Gasteiger partial charge in [-0.1, -0.05) is 42.5 Å². The molecule has 0 unspecified atom stereocenters. The van der Waals surface area contributed by atoms with Gasteiger partial charge in [0.1, 0.15) is 0 Å². The minimum atomic E-state index is -3.67. The minimum absolute atomic E-state index is 0.00213. The first kappa shape index (κ1) is 15.2. The average Bonchev–Trinajstić information content (AvgIpc) is 2.46. The number of likely N-dealkylation sites (N-methyl/N-ethyl adjacent to an activating group) is 1. The van der Waals surface area contributed by atoms with Gasteiger partial charge in [0.25, 0.3) is 0 Å². The number of sulfonamides is 1. The highest BCUT2D eigenvalue weighted by molar-refractivity contribution is 7.89. The number of nitrogens with zero attached hydrogens (tertiary/aromatic N) is 1. The summed E-state index contributed by atoms with van der Waals surface area (Å²) >= 11 is 0. The minimum Gasteiger partial charge on any atom is -0.478 e. The Morgan fingerprint density at radius 1 is 1.19 bits per heavy atom. The first-order valence-corrected chi connectivity index (χ1v) is 7.70. The second-order valence-corrected chi connectivity index (χ2v) is 6.52. The average molecular weight is 305 g/mol. The number of carboxylic acids is 1. The van der Waals surface area contributed by atoms with Crippen molar-refractivity contribution in [2.45, 2.75) is 4.90 Å². The van der Waals surface area contributed by atoms with E-state index in [2.05, 4.69) is 0 Å². The monoisotopic (exact) mass is 305 g/mol. The van der Waals surface area contributed by atoms with E-state index in [0.717, 1.165) is 15.8 Å². The van der Waals surface area contributed by atoms with Crippen molar-refractivity contribution in [3.05, 3.63) is 54.6 Å². The molecular weight excluding hydrogens is 290 g/mol. The highest BCUT2D eigenvalue weighted by atomic mass is 32.2. The van der Waals surface area contributed by atoms with Crippen LogP contribution in [0.15, 0.2) is 59.5 Å². The first-order chi connectivity index (χ1) is 9.93. The molecule has 0 saturated heterocycles. The molecule has 5 nitrogen and oxygen atoms in total. The summed E-state index contributed by atoms with van der Waals surface area (Å²) in [5.74, 6) is -1.11. The molecule has 0 radical (unpaired) electrons. The van der Waals surface area contributed by atoms with E-state index in [1.165, 1.54) is 13.1 Å². The largest absolute Gasteiger partial charge is 0.478 e. The molecular formula is C15H15NO4S. The van der Waals surface area contributed by atoms with Crippen LogP contribution in [-0.2, 0) is 14.8 Å². The first-order valence-electron chi connectivity index (χ1n) is 6.26. The van der Waals surface area contributed by atoms with Gasteiger partial charge in [-0.3, -0.25) is 0 Å². The Hall–Kier alpha value is -2.18. The number of carbonyl (C=O) groups is 1. The molecule has 0 heterocycles. The van der Waals surface area contributed by atoms with E-state index in [4.69, 9.17) is 5.11 Å². The molecule has 0 saturated carbocycles. The van der Waals surface area contributed by atoms with Crippen LogP contribution in [0.1, 0.15) is 0 Å². The van der Waals surface area contributed by atoms with Gasteiger partial charge in [-0.15, -0.1) is 0 Å². The van der Waals surface area contributed by atoms with Gasteiger partial charge in [0.15, 0.2) is 0 Å². The van der Waals surface area contributed by atoms with Crippen LogP contribution in [-0.4, -0.2) is 37.4 Å². The second-order valence-electron chi connectivity index (χ2n) is 4.50. The highest BCUT2D eigenvalue weighted by Gasteiger charge is 2.21. The third-order valence-electron chi connectivity index (χ3n) is 3.06. The Balaban J connectivity index is 2.40. The summed E-state index contributed by atoms with van der Waals surface area (Å²) in [6, 6.07) is 12.3. The molecule has 1 N–H and O–H groups in total. The van der Waals surface area contributed by atoms with Crippen molar-refractivity contribution in [3.8, 4) is 0 Å². The van der Waals surface area contributed by atoms with E-state index in [-0.39, 0.29) is 11.4 Å². The van der Waals surface area contributed by atoms with E-state index in [0.29, 0.717) is 5.39 Å². The smallest absolute Gasteiger partial charge is 0.328 e. The van der Waals surface area contributed by atoms with Crippen molar-refractivity contribution < 1.29 is 18.3 Å². The van der Waals surface area contributed by atoms with Gasteiger partial charge >= 0.3 is 5.97 Å². The molecule has 0 aliphatic rings. The van der Waals surface area contributed by atoms with Crippen LogP contribution in [0.2, 0.25) is 0 Å². The molecule has 0 aliphatic heterocycles. The lowest BCUT2D eigenvalue weighted by atomic mass is 10.1. The van der Waals surface area contributed by atoms with Crippen molar-refractivity contribution in [3.63, 3.8) is 0 Å². The van der Waals surface area contributed by atoms with Crippen LogP contribution in [0, 0.1) is 0 Å². The maximum atomic E-state index is 12.6. The number of hydrogen-bond acceptors (Lipinski definition) is 3. The second kappa shape index (κ2) is 6.07. The zero-order valence-electron chi connectivity index (χ0n) is 11.4. The molecule has 0 fully saturated rings. The predicted octanol–water partition coefficient (Wildman–Crippen LogP) is 2.10. The van der Waals surface area contributed by atoms with E-state index in [1.54, 1.807) is 24.3 Å². The molecule has 0 aliphatic carbocycles. The highest BCUT2D eigenvalue weighted by Crippen LogP contribution is 2.24. The Labute approximate surface area is 123 Å². The maximum Gasteiger partial charge on any atom is 0.328 e. The normalized spacial score (nSPS) is 12.3. The molecule has 110 valence electrons. The van der Waals surface area contributed by atoms with Gasteiger partial charge in [-0.25, -0.2) is 13.2 Å². The third kappa shape index (κ3) is 3.29. The maximum absolute atomic E-state index is 12.6. The molecule has 0 atom stereocenters. The zero-order valence-corrected chi connectivity index (χ0v) is 12.2. The van der Waals surface area contributed by atoms with E-state index < -0.39 is 16.0 Å². The number of fused-ring (bicyclic) bond motifs is 1. The van der Waals surface area contributed by atoms with Gasteiger partial charge in [-0.2, -0.15) is 4.31 Å². The van der Waals surface area contributed by atoms with Gasteiger partial charge in [0, 0.05) is 25.1 Å². The summed E-state index contributed by atoms with van der Waals surface area (Å²) < 4.78 is 26.3. The van der Waals surface area contributed by atoms with E-state index in [9.17, 15) is 13.2 Å². The van der Waals surface area contributed by atoms with Crippen LogP contribution in [0.25, 0.3) is 10.8 Å². The lowest BCUT2D eigenvalue weighted by Crippen LogP contribution is -2.27. The van der Waals surface area contributed by atoms with Crippen molar-refractivity contribution in [2.75, 3.05) is 13.6 Å². The third-order valence-corrected chi connectivity index (χ3v) is 4.94. The van der Waals surface area contributed by atoms with Crippen molar-refractivity contribution in [1.82, 2.24) is 4.31 Å². The zero-order chi connectivity index (χ0) is 15.5. The predicted molar refractivity (Wildman–Crippen MR) is 80.5 cm³/mol. The molecule has 21 heavy (non-hydrogen) atoms. The quantitative estimate of drug-likeness (QED) is 0.858. The van der Waals surface area contributed by atoms with Crippen LogP contribution >= 0.6 is 0 Å². The van der Waals surface area contributed by atoms with Crippen molar-refractivity contribution >= 4 is 26.8 Å². The standard InChI is InChI=1S/C15H15NO4S/c1-16(11-5-10-15(17)18)21(19,20)14-9-4-7-12-6-2-3-8-13(12)14/h2-10H,11H2,1H3,(H,17,18)/b10-5+. The molecule has 0 aromatic heterocycles. The molecule has 2 aromatic carbocycles. The fourth-order valence-electron chi connectivity index (χ4n) is 1.99. The summed E-state index contributed by atoms with van der Waals surface area (Å²) in [7, 11) is -2.25. The van der Waals surface area contributed by atoms with Gasteiger partial charge in [-0.05, 0) is 11.5 Å². The Morgan fingerprint density at radius 3 is 2.57 bits per heavy atom. The molecule has 0 amide bonds.